The summed E-state index contributed by atoms with van der Waals surface area (Å²) in [5.74, 6) is 0. The van der Waals surface area contributed by atoms with Crippen molar-refractivity contribution in [1.82, 2.24) is 10.2 Å². The highest BCUT2D eigenvalue weighted by atomic mass is 16.3. The van der Waals surface area contributed by atoms with E-state index in [1.54, 1.807) is 0 Å². The van der Waals surface area contributed by atoms with Crippen LogP contribution in [0.5, 0.6) is 0 Å². The highest BCUT2D eigenvalue weighted by molar-refractivity contribution is 5.74. The van der Waals surface area contributed by atoms with Crippen molar-refractivity contribution in [3.63, 3.8) is 0 Å². The van der Waals surface area contributed by atoms with Gasteiger partial charge in [-0.25, -0.2) is 4.79 Å². The number of rotatable bonds is 2. The van der Waals surface area contributed by atoms with Gasteiger partial charge in [-0.2, -0.15) is 0 Å². The number of carbonyl (C=O) groups is 1. The van der Waals surface area contributed by atoms with Crippen LogP contribution in [0, 0.1) is 0 Å². The van der Waals surface area contributed by atoms with Crippen LogP contribution in [0.25, 0.3) is 0 Å². The Hall–Kier alpha value is -0.810. The molecule has 0 aromatic rings. The van der Waals surface area contributed by atoms with E-state index < -0.39 is 6.10 Å². The average Bonchev–Trinajstić information content (AvgIpc) is 2.47. The smallest absolute Gasteiger partial charge is 0.317 e. The Bertz CT molecular complexity index is 186. The van der Waals surface area contributed by atoms with Crippen LogP contribution in [0.1, 0.15) is 13.3 Å². The summed E-state index contributed by atoms with van der Waals surface area (Å²) < 4.78 is 0. The van der Waals surface area contributed by atoms with Gasteiger partial charge in [-0.3, -0.25) is 0 Å². The summed E-state index contributed by atoms with van der Waals surface area (Å²) in [4.78, 5) is 12.8. The van der Waals surface area contributed by atoms with Crippen LogP contribution >= 0.6 is 0 Å². The molecule has 0 bridgehead atoms. The summed E-state index contributed by atoms with van der Waals surface area (Å²) in [5, 5.41) is 20.9. The van der Waals surface area contributed by atoms with Crippen LogP contribution in [-0.2, 0) is 0 Å². The Morgan fingerprint density at radius 3 is 2.92 bits per heavy atom. The number of nitrogens with zero attached hydrogens (tertiary/aromatic N) is 1. The molecule has 0 saturated carbocycles. The molecule has 1 aliphatic rings. The maximum atomic E-state index is 11.4. The lowest BCUT2D eigenvalue weighted by Gasteiger charge is -2.22. The molecule has 3 N–H and O–H groups in total. The Balaban J connectivity index is 2.52. The van der Waals surface area contributed by atoms with Gasteiger partial charge in [-0.05, 0) is 13.3 Å². The van der Waals surface area contributed by atoms with Crippen molar-refractivity contribution in [2.24, 2.45) is 0 Å². The number of likely N-dealkylation sites (tertiary alicyclic amines) is 1. The highest BCUT2D eigenvalue weighted by Crippen LogP contribution is 2.16. The van der Waals surface area contributed by atoms with Gasteiger partial charge < -0.3 is 20.4 Å². The summed E-state index contributed by atoms with van der Waals surface area (Å²) in [7, 11) is 0. The van der Waals surface area contributed by atoms with Crippen molar-refractivity contribution < 1.29 is 15.0 Å². The maximum Gasteiger partial charge on any atom is 0.317 e. The number of amides is 2. The lowest BCUT2D eigenvalue weighted by Crippen LogP contribution is -2.44. The van der Waals surface area contributed by atoms with Gasteiger partial charge >= 0.3 is 6.03 Å². The third-order valence-electron chi connectivity index (χ3n) is 2.19. The molecule has 0 aromatic heterocycles. The molecule has 5 nitrogen and oxygen atoms in total. The fourth-order valence-corrected chi connectivity index (χ4v) is 1.57. The van der Waals surface area contributed by atoms with Crippen LogP contribution < -0.4 is 5.32 Å². The van der Waals surface area contributed by atoms with Crippen molar-refractivity contribution in [2.75, 3.05) is 19.7 Å². The molecule has 1 aliphatic heterocycles. The van der Waals surface area contributed by atoms with Gasteiger partial charge in [0.2, 0.25) is 0 Å². The largest absolute Gasteiger partial charge is 0.394 e. The van der Waals surface area contributed by atoms with Gasteiger partial charge in [0.1, 0.15) is 0 Å². The second-order valence-electron chi connectivity index (χ2n) is 3.21. The quantitative estimate of drug-likeness (QED) is 0.528. The fraction of sp³-hybridized carbons (Fsp3) is 0.875. The second-order valence-corrected chi connectivity index (χ2v) is 3.21. The van der Waals surface area contributed by atoms with Crippen LogP contribution in [0.15, 0.2) is 0 Å². The molecule has 0 radical (unpaired) electrons. The monoisotopic (exact) mass is 188 g/mol. The van der Waals surface area contributed by atoms with Crippen molar-refractivity contribution in [3.8, 4) is 0 Å². The van der Waals surface area contributed by atoms with Gasteiger partial charge in [0.05, 0.1) is 18.8 Å². The normalized spacial score (nSPS) is 27.8. The first kappa shape index (κ1) is 10.3. The average molecular weight is 188 g/mol. The number of aliphatic hydroxyl groups excluding tert-OH is 2. The molecule has 1 rings (SSSR count). The first-order valence-electron chi connectivity index (χ1n) is 4.52. The Morgan fingerprint density at radius 2 is 2.38 bits per heavy atom. The zero-order chi connectivity index (χ0) is 9.84. The zero-order valence-corrected chi connectivity index (χ0v) is 7.73. The SMILES string of the molecule is CCNC(=O)N1C[C@H](O)C[C@H]1CO. The summed E-state index contributed by atoms with van der Waals surface area (Å²) in [6.45, 7) is 2.62. The molecule has 2 atom stereocenters. The summed E-state index contributed by atoms with van der Waals surface area (Å²) >= 11 is 0. The summed E-state index contributed by atoms with van der Waals surface area (Å²) in [6, 6.07) is -0.445. The van der Waals surface area contributed by atoms with Gasteiger partial charge in [-0.1, -0.05) is 0 Å². The zero-order valence-electron chi connectivity index (χ0n) is 7.73. The predicted molar refractivity (Wildman–Crippen MR) is 47.3 cm³/mol. The first-order valence-corrected chi connectivity index (χ1v) is 4.52. The summed E-state index contributed by atoms with van der Waals surface area (Å²) in [6.07, 6.45) is -0.0343. The number of hydrogen-bond donors (Lipinski definition) is 3. The Kier molecular flexibility index (Phi) is 3.50. The topological polar surface area (TPSA) is 72.8 Å². The Morgan fingerprint density at radius 1 is 1.69 bits per heavy atom. The minimum absolute atomic E-state index is 0.0891. The van der Waals surface area contributed by atoms with Gasteiger partial charge in [0.25, 0.3) is 0 Å². The molecule has 1 fully saturated rings. The van der Waals surface area contributed by atoms with Gasteiger partial charge in [0, 0.05) is 13.1 Å². The van der Waals surface area contributed by atoms with E-state index in [2.05, 4.69) is 5.32 Å². The van der Waals surface area contributed by atoms with E-state index in [4.69, 9.17) is 5.11 Å². The minimum atomic E-state index is -0.500. The molecule has 0 spiro atoms. The van der Waals surface area contributed by atoms with Crippen molar-refractivity contribution in [3.05, 3.63) is 0 Å². The highest BCUT2D eigenvalue weighted by Gasteiger charge is 2.33. The number of β-amino-alcohol motifs (C(OH)–C–C–N with tert-alkyl or cyclic N) is 1. The number of carbonyl (C=O) groups excluding carboxylic acids is 1. The lowest BCUT2D eigenvalue weighted by molar-refractivity contribution is 0.155. The maximum absolute atomic E-state index is 11.4. The number of nitrogens with one attached hydrogen (secondary N) is 1. The van der Waals surface area contributed by atoms with E-state index in [-0.39, 0.29) is 18.7 Å². The van der Waals surface area contributed by atoms with Crippen LogP contribution in [0.4, 0.5) is 4.79 Å². The van der Waals surface area contributed by atoms with Crippen molar-refractivity contribution in [1.29, 1.82) is 0 Å². The van der Waals surface area contributed by atoms with Crippen molar-refractivity contribution in [2.45, 2.75) is 25.5 Å². The van der Waals surface area contributed by atoms with Crippen molar-refractivity contribution >= 4 is 6.03 Å². The lowest BCUT2D eigenvalue weighted by atomic mass is 10.2. The van der Waals surface area contributed by atoms with Crippen LogP contribution in [-0.4, -0.2) is 53.0 Å². The van der Waals surface area contributed by atoms with Gasteiger partial charge in [0.15, 0.2) is 0 Å². The molecule has 2 amide bonds. The molecule has 5 heteroatoms. The molecule has 0 unspecified atom stereocenters. The molecule has 76 valence electrons. The Labute approximate surface area is 77.3 Å². The third-order valence-corrected chi connectivity index (χ3v) is 2.19. The molecular weight excluding hydrogens is 172 g/mol. The van der Waals surface area contributed by atoms with Crippen LogP contribution in [0.2, 0.25) is 0 Å². The van der Waals surface area contributed by atoms with E-state index in [1.807, 2.05) is 6.92 Å². The second kappa shape index (κ2) is 4.43. The molecule has 1 saturated heterocycles. The predicted octanol–water partition coefficient (Wildman–Crippen LogP) is -0.857. The molecule has 1 heterocycles. The number of urea groups is 1. The molecular formula is C8H16N2O3. The fourth-order valence-electron chi connectivity index (χ4n) is 1.57. The molecule has 0 aliphatic carbocycles. The number of hydrogen-bond acceptors (Lipinski definition) is 3. The first-order chi connectivity index (χ1) is 6.19. The minimum Gasteiger partial charge on any atom is -0.394 e. The standard InChI is InChI=1S/C8H16N2O3/c1-2-9-8(13)10-4-7(12)3-6(10)5-11/h6-7,11-12H,2-5H2,1H3,(H,9,13)/t6-,7+/m0/s1. The third kappa shape index (κ3) is 2.32. The van der Waals surface area contributed by atoms with E-state index >= 15 is 0 Å². The molecule has 0 aromatic carbocycles. The summed E-state index contributed by atoms with van der Waals surface area (Å²) in [5.41, 5.74) is 0. The van der Waals surface area contributed by atoms with E-state index in [0.29, 0.717) is 19.5 Å². The number of aliphatic hydroxyl groups is 2. The van der Waals surface area contributed by atoms with E-state index in [1.165, 1.54) is 4.90 Å². The van der Waals surface area contributed by atoms with Crippen LogP contribution in [0.3, 0.4) is 0 Å². The van der Waals surface area contributed by atoms with Gasteiger partial charge in [-0.15, -0.1) is 0 Å². The molecule has 13 heavy (non-hydrogen) atoms. The van der Waals surface area contributed by atoms with E-state index in [0.717, 1.165) is 0 Å². The van der Waals surface area contributed by atoms with E-state index in [9.17, 15) is 9.90 Å².